The van der Waals surface area contributed by atoms with Crippen LogP contribution < -0.4 is 5.11 Å². The quantitative estimate of drug-likeness (QED) is 0.900. The molecule has 1 heterocycles. The van der Waals surface area contributed by atoms with E-state index in [1.54, 1.807) is 18.6 Å². The van der Waals surface area contributed by atoms with E-state index in [9.17, 15) is 15.0 Å². The highest BCUT2D eigenvalue weighted by molar-refractivity contribution is 5.87. The highest BCUT2D eigenvalue weighted by atomic mass is 16.4. The van der Waals surface area contributed by atoms with Gasteiger partial charge in [0.1, 0.15) is 0 Å². The average molecular weight is 331 g/mol. The van der Waals surface area contributed by atoms with Crippen molar-refractivity contribution >= 4 is 5.97 Å². The van der Waals surface area contributed by atoms with Gasteiger partial charge in [-0.05, 0) is 73.0 Å². The van der Waals surface area contributed by atoms with Crippen LogP contribution in [0.1, 0.15) is 51.5 Å². The number of carboxylic acids is 1. The molecule has 132 valence electrons. The van der Waals surface area contributed by atoms with Crippen LogP contribution >= 0.6 is 0 Å². The zero-order valence-electron chi connectivity index (χ0n) is 14.6. The van der Waals surface area contributed by atoms with E-state index in [1.807, 2.05) is 6.07 Å². The van der Waals surface area contributed by atoms with Gasteiger partial charge in [0.05, 0.1) is 25.1 Å². The topological polar surface area (TPSA) is 73.5 Å². The van der Waals surface area contributed by atoms with E-state index in [0.29, 0.717) is 11.5 Å². The van der Waals surface area contributed by atoms with Gasteiger partial charge in [-0.25, -0.2) is 0 Å². The molecular formula is C20H27O4-. The highest BCUT2D eigenvalue weighted by Crippen LogP contribution is 2.61. The number of carbonyl (C=O) groups is 1. The standard InChI is InChI=1S/C20H28O4/c1-14-6-10-20(13-21)16(18(22)23)4-3-5-17(20)19(14,2)9-7-15-8-11-24-12-15/h4,8,11-12,14,17,21H,3,5-7,9-10,13H2,1-2H3,(H,22,23)/p-1/t14-,17+,19+,20+/m1/s1. The molecule has 2 aliphatic rings. The second kappa shape index (κ2) is 6.40. The molecule has 2 aliphatic carbocycles. The van der Waals surface area contributed by atoms with E-state index >= 15 is 0 Å². The largest absolute Gasteiger partial charge is 0.545 e. The van der Waals surface area contributed by atoms with E-state index in [0.717, 1.165) is 38.5 Å². The molecule has 0 saturated heterocycles. The van der Waals surface area contributed by atoms with Crippen LogP contribution in [0.25, 0.3) is 0 Å². The van der Waals surface area contributed by atoms with E-state index in [4.69, 9.17) is 4.42 Å². The van der Waals surface area contributed by atoms with Crippen molar-refractivity contribution in [3.8, 4) is 0 Å². The minimum atomic E-state index is -1.11. The molecule has 24 heavy (non-hydrogen) atoms. The number of aryl methyl sites for hydroxylation is 1. The number of fused-ring (bicyclic) bond motifs is 1. The molecule has 1 N–H and O–H groups in total. The molecule has 0 unspecified atom stereocenters. The lowest BCUT2D eigenvalue weighted by Gasteiger charge is -2.59. The zero-order chi connectivity index (χ0) is 17.4. The minimum Gasteiger partial charge on any atom is -0.545 e. The molecule has 1 saturated carbocycles. The predicted molar refractivity (Wildman–Crippen MR) is 88.9 cm³/mol. The first-order chi connectivity index (χ1) is 11.4. The van der Waals surface area contributed by atoms with Crippen LogP contribution in [-0.4, -0.2) is 17.7 Å². The molecule has 1 aromatic rings. The maximum atomic E-state index is 11.7. The lowest BCUT2D eigenvalue weighted by molar-refractivity contribution is -0.302. The highest BCUT2D eigenvalue weighted by Gasteiger charge is 2.56. The van der Waals surface area contributed by atoms with Gasteiger partial charge in [0.15, 0.2) is 0 Å². The Labute approximate surface area is 143 Å². The Balaban J connectivity index is 1.93. The van der Waals surface area contributed by atoms with Gasteiger partial charge in [-0.15, -0.1) is 0 Å². The summed E-state index contributed by atoms with van der Waals surface area (Å²) < 4.78 is 5.18. The number of furan rings is 1. The number of aliphatic hydroxyl groups excluding tert-OH is 1. The smallest absolute Gasteiger partial charge is 0.0934 e. The molecule has 1 fully saturated rings. The molecule has 0 spiro atoms. The Morgan fingerprint density at radius 2 is 2.25 bits per heavy atom. The van der Waals surface area contributed by atoms with Crippen LogP contribution in [0.2, 0.25) is 0 Å². The van der Waals surface area contributed by atoms with Gasteiger partial charge in [-0.2, -0.15) is 0 Å². The number of hydrogen-bond acceptors (Lipinski definition) is 4. The van der Waals surface area contributed by atoms with Crippen molar-refractivity contribution < 1.29 is 19.4 Å². The Morgan fingerprint density at radius 3 is 2.88 bits per heavy atom. The van der Waals surface area contributed by atoms with Gasteiger partial charge in [-0.3, -0.25) is 0 Å². The average Bonchev–Trinajstić information content (AvgIpc) is 3.09. The Bertz CT molecular complexity index is 618. The summed E-state index contributed by atoms with van der Waals surface area (Å²) in [6, 6.07) is 1.99. The van der Waals surface area contributed by atoms with E-state index < -0.39 is 11.4 Å². The molecule has 0 amide bonds. The Kier molecular flexibility index (Phi) is 4.60. The molecule has 0 aromatic carbocycles. The SMILES string of the molecule is C[C@@H]1CC[C@]2(CO)C(C(=O)[O-])=CCC[C@H]2[C@@]1(C)CCc1ccoc1. The monoisotopic (exact) mass is 331 g/mol. The summed E-state index contributed by atoms with van der Waals surface area (Å²) in [6.07, 6.45) is 10.5. The maximum absolute atomic E-state index is 11.7. The third-order valence-corrected chi connectivity index (χ3v) is 6.99. The van der Waals surface area contributed by atoms with Gasteiger partial charge >= 0.3 is 0 Å². The first-order valence-electron chi connectivity index (χ1n) is 8.98. The number of rotatable bonds is 5. The molecule has 1 aromatic heterocycles. The summed E-state index contributed by atoms with van der Waals surface area (Å²) in [6.45, 7) is 4.45. The number of carboxylic acid groups (broad SMARTS) is 1. The normalized spacial score (nSPS) is 36.0. The number of allylic oxidation sites excluding steroid dienone is 1. The fourth-order valence-corrected chi connectivity index (χ4v) is 5.31. The van der Waals surface area contributed by atoms with Crippen LogP contribution in [0.3, 0.4) is 0 Å². The summed E-state index contributed by atoms with van der Waals surface area (Å²) in [5.41, 5.74) is 0.861. The Hall–Kier alpha value is -1.55. The molecule has 0 aliphatic heterocycles. The molecular weight excluding hydrogens is 304 g/mol. The van der Waals surface area contributed by atoms with Crippen LogP contribution in [0.15, 0.2) is 34.7 Å². The van der Waals surface area contributed by atoms with Gasteiger partial charge in [-0.1, -0.05) is 19.9 Å². The molecule has 0 bridgehead atoms. The molecule has 0 radical (unpaired) electrons. The van der Waals surface area contributed by atoms with Crippen LogP contribution in [0.4, 0.5) is 0 Å². The molecule has 4 heteroatoms. The van der Waals surface area contributed by atoms with Crippen molar-refractivity contribution in [2.45, 2.75) is 52.4 Å². The fraction of sp³-hybridized carbons (Fsp3) is 0.650. The van der Waals surface area contributed by atoms with Crippen molar-refractivity contribution in [3.05, 3.63) is 35.8 Å². The van der Waals surface area contributed by atoms with Crippen molar-refractivity contribution in [1.82, 2.24) is 0 Å². The maximum Gasteiger partial charge on any atom is 0.0934 e. The van der Waals surface area contributed by atoms with Crippen molar-refractivity contribution in [3.63, 3.8) is 0 Å². The summed E-state index contributed by atoms with van der Waals surface area (Å²) in [4.78, 5) is 11.7. The van der Waals surface area contributed by atoms with Gasteiger partial charge in [0, 0.05) is 5.41 Å². The Morgan fingerprint density at radius 1 is 1.46 bits per heavy atom. The number of hydrogen-bond donors (Lipinski definition) is 1. The molecule has 4 atom stereocenters. The predicted octanol–water partition coefficient (Wildman–Crippen LogP) is 2.71. The van der Waals surface area contributed by atoms with Crippen LogP contribution in [-0.2, 0) is 11.2 Å². The third-order valence-electron chi connectivity index (χ3n) is 6.99. The van der Waals surface area contributed by atoms with E-state index in [1.165, 1.54) is 5.56 Å². The van der Waals surface area contributed by atoms with Gasteiger partial charge in [0.2, 0.25) is 0 Å². The lowest BCUT2D eigenvalue weighted by Crippen LogP contribution is -2.55. The number of carbonyl (C=O) groups excluding carboxylic acids is 1. The van der Waals surface area contributed by atoms with Crippen molar-refractivity contribution in [2.75, 3.05) is 6.61 Å². The number of aliphatic carboxylic acids is 1. The summed E-state index contributed by atoms with van der Waals surface area (Å²) in [5.74, 6) is -0.445. The molecule has 3 rings (SSSR count). The summed E-state index contributed by atoms with van der Waals surface area (Å²) in [5, 5.41) is 21.9. The van der Waals surface area contributed by atoms with E-state index in [-0.39, 0.29) is 17.9 Å². The van der Waals surface area contributed by atoms with E-state index in [2.05, 4.69) is 13.8 Å². The number of aliphatic hydroxyl groups is 1. The van der Waals surface area contributed by atoms with Crippen molar-refractivity contribution in [2.24, 2.45) is 22.7 Å². The van der Waals surface area contributed by atoms with Gasteiger partial charge < -0.3 is 19.4 Å². The van der Waals surface area contributed by atoms with Crippen LogP contribution in [0.5, 0.6) is 0 Å². The molecule has 4 nitrogen and oxygen atoms in total. The van der Waals surface area contributed by atoms with Gasteiger partial charge in [0.25, 0.3) is 0 Å². The minimum absolute atomic E-state index is 0.00674. The first-order valence-corrected chi connectivity index (χ1v) is 8.98. The van der Waals surface area contributed by atoms with Crippen molar-refractivity contribution in [1.29, 1.82) is 0 Å². The van der Waals surface area contributed by atoms with Crippen LogP contribution in [0, 0.1) is 22.7 Å². The summed E-state index contributed by atoms with van der Waals surface area (Å²) >= 11 is 0. The third kappa shape index (κ3) is 2.61. The lowest BCUT2D eigenvalue weighted by atomic mass is 9.46. The first kappa shape index (κ1) is 17.3. The fourth-order valence-electron chi connectivity index (χ4n) is 5.31. The second-order valence-electron chi connectivity index (χ2n) is 7.93. The zero-order valence-corrected chi connectivity index (χ0v) is 14.6. The second-order valence-corrected chi connectivity index (χ2v) is 7.93. The summed E-state index contributed by atoms with van der Waals surface area (Å²) in [7, 11) is 0.